The summed E-state index contributed by atoms with van der Waals surface area (Å²) in [5, 5.41) is 15.4. The lowest BCUT2D eigenvalue weighted by Crippen LogP contribution is -2.39. The van der Waals surface area contributed by atoms with E-state index in [2.05, 4.69) is 41.8 Å². The molecule has 1 atom stereocenters. The Morgan fingerprint density at radius 2 is 1.80 bits per heavy atom. The lowest BCUT2D eigenvalue weighted by atomic mass is 10.0. The molecule has 1 aliphatic rings. The molecule has 25 heavy (non-hydrogen) atoms. The minimum Gasteiger partial charge on any atom is -0.508 e. The van der Waals surface area contributed by atoms with Crippen LogP contribution in [0.5, 0.6) is 5.75 Å². The molecule has 132 valence electrons. The Hall–Kier alpha value is -2.49. The summed E-state index contributed by atoms with van der Waals surface area (Å²) >= 11 is 0. The van der Waals surface area contributed by atoms with Crippen LogP contribution >= 0.6 is 0 Å². The van der Waals surface area contributed by atoms with E-state index in [1.54, 1.807) is 12.1 Å². The number of hydrogen-bond acceptors (Lipinski definition) is 2. The Kier molecular flexibility index (Phi) is 5.59. The van der Waals surface area contributed by atoms with Gasteiger partial charge in [0.1, 0.15) is 5.75 Å². The highest BCUT2D eigenvalue weighted by Crippen LogP contribution is 2.40. The second-order valence-electron chi connectivity index (χ2n) is 6.90. The number of carbonyl (C=O) groups excluding carboxylic acids is 1. The minimum atomic E-state index is -0.0943. The third-order valence-electron chi connectivity index (χ3n) is 4.68. The molecule has 2 amide bonds. The van der Waals surface area contributed by atoms with Crippen molar-refractivity contribution >= 4 is 6.03 Å². The molecule has 1 unspecified atom stereocenters. The maximum Gasteiger partial charge on any atom is 0.315 e. The highest BCUT2D eigenvalue weighted by atomic mass is 16.3. The molecule has 1 fully saturated rings. The monoisotopic (exact) mass is 338 g/mol. The number of aromatic hydroxyl groups is 1. The molecule has 0 spiro atoms. The van der Waals surface area contributed by atoms with E-state index in [0.717, 1.165) is 18.4 Å². The number of hydrogen-bond donors (Lipinski definition) is 3. The molecule has 0 aliphatic heterocycles. The fourth-order valence-electron chi connectivity index (χ4n) is 3.03. The lowest BCUT2D eigenvalue weighted by Gasteiger charge is -2.19. The zero-order chi connectivity index (χ0) is 17.6. The Bertz CT molecular complexity index is 691. The molecule has 0 radical (unpaired) electrons. The maximum atomic E-state index is 12.2. The highest BCUT2D eigenvalue weighted by Gasteiger charge is 2.33. The van der Waals surface area contributed by atoms with Gasteiger partial charge in [-0.2, -0.15) is 0 Å². The van der Waals surface area contributed by atoms with Gasteiger partial charge in [0, 0.05) is 6.54 Å². The van der Waals surface area contributed by atoms with Gasteiger partial charge in [-0.1, -0.05) is 42.0 Å². The smallest absolute Gasteiger partial charge is 0.315 e. The van der Waals surface area contributed by atoms with E-state index in [1.807, 2.05) is 12.1 Å². The summed E-state index contributed by atoms with van der Waals surface area (Å²) in [6, 6.07) is 15.7. The normalized spacial score (nSPS) is 14.8. The minimum absolute atomic E-state index is 0.0943. The van der Waals surface area contributed by atoms with Crippen LogP contribution < -0.4 is 10.6 Å². The van der Waals surface area contributed by atoms with E-state index in [1.165, 1.54) is 24.0 Å². The van der Waals surface area contributed by atoms with Crippen LogP contribution in [0, 0.1) is 12.8 Å². The van der Waals surface area contributed by atoms with Crippen molar-refractivity contribution < 1.29 is 9.90 Å². The standard InChI is InChI=1S/C21H26N2O2/c1-15-4-8-17(9-5-15)20(18-10-11-18)23-21(25)22-14-2-3-16-6-12-19(24)13-7-16/h4-9,12-13,18,20,24H,2-3,10-11,14H2,1H3,(H2,22,23,25). The van der Waals surface area contributed by atoms with Crippen LogP contribution in [0.2, 0.25) is 0 Å². The molecule has 1 aliphatic carbocycles. The zero-order valence-electron chi connectivity index (χ0n) is 14.7. The van der Waals surface area contributed by atoms with Crippen molar-refractivity contribution in [3.8, 4) is 5.75 Å². The average molecular weight is 338 g/mol. The van der Waals surface area contributed by atoms with E-state index in [-0.39, 0.29) is 17.8 Å². The number of urea groups is 1. The van der Waals surface area contributed by atoms with E-state index >= 15 is 0 Å². The van der Waals surface area contributed by atoms with Crippen molar-refractivity contribution in [2.45, 2.75) is 38.6 Å². The van der Waals surface area contributed by atoms with E-state index in [0.29, 0.717) is 12.5 Å². The Morgan fingerprint density at radius 3 is 2.44 bits per heavy atom. The van der Waals surface area contributed by atoms with Crippen LogP contribution in [0.25, 0.3) is 0 Å². The van der Waals surface area contributed by atoms with Gasteiger partial charge in [0.2, 0.25) is 0 Å². The molecule has 4 heteroatoms. The maximum absolute atomic E-state index is 12.2. The molecule has 1 saturated carbocycles. The largest absolute Gasteiger partial charge is 0.508 e. The van der Waals surface area contributed by atoms with Crippen molar-refractivity contribution in [1.29, 1.82) is 0 Å². The SMILES string of the molecule is Cc1ccc(C(NC(=O)NCCCc2ccc(O)cc2)C2CC2)cc1. The molecule has 3 N–H and O–H groups in total. The van der Waals surface area contributed by atoms with Gasteiger partial charge in [-0.15, -0.1) is 0 Å². The third-order valence-corrected chi connectivity index (χ3v) is 4.68. The van der Waals surface area contributed by atoms with Crippen LogP contribution in [-0.2, 0) is 6.42 Å². The number of phenols is 1. The molecule has 0 aromatic heterocycles. The van der Waals surface area contributed by atoms with Crippen LogP contribution in [0.4, 0.5) is 4.79 Å². The number of benzene rings is 2. The molecule has 0 bridgehead atoms. The fraction of sp³-hybridized carbons (Fsp3) is 0.381. The second kappa shape index (κ2) is 8.06. The van der Waals surface area contributed by atoms with Crippen LogP contribution in [0.15, 0.2) is 48.5 Å². The van der Waals surface area contributed by atoms with E-state index in [4.69, 9.17) is 0 Å². The van der Waals surface area contributed by atoms with Crippen LogP contribution in [0.1, 0.15) is 42.0 Å². The molecule has 0 saturated heterocycles. The summed E-state index contributed by atoms with van der Waals surface area (Å²) < 4.78 is 0. The first-order valence-electron chi connectivity index (χ1n) is 9.00. The van der Waals surface area contributed by atoms with Gasteiger partial charge in [-0.3, -0.25) is 0 Å². The first-order chi connectivity index (χ1) is 12.1. The molecule has 2 aromatic rings. The number of phenolic OH excluding ortho intramolecular Hbond substituents is 1. The molecule has 0 heterocycles. The predicted octanol–water partition coefficient (Wildman–Crippen LogP) is 4.08. The topological polar surface area (TPSA) is 61.4 Å². The molecular weight excluding hydrogens is 312 g/mol. The summed E-state index contributed by atoms with van der Waals surface area (Å²) in [4.78, 5) is 12.2. The summed E-state index contributed by atoms with van der Waals surface area (Å²) in [7, 11) is 0. The highest BCUT2D eigenvalue weighted by molar-refractivity contribution is 5.74. The third kappa shape index (κ3) is 5.24. The summed E-state index contributed by atoms with van der Waals surface area (Å²) in [6.07, 6.45) is 4.11. The van der Waals surface area contributed by atoms with Crippen LogP contribution in [0.3, 0.4) is 0 Å². The molecule has 2 aromatic carbocycles. The van der Waals surface area contributed by atoms with Gasteiger partial charge in [0.25, 0.3) is 0 Å². The average Bonchev–Trinajstić information content (AvgIpc) is 3.44. The second-order valence-corrected chi connectivity index (χ2v) is 6.90. The van der Waals surface area contributed by atoms with Gasteiger partial charge in [0.15, 0.2) is 0 Å². The van der Waals surface area contributed by atoms with E-state index < -0.39 is 0 Å². The van der Waals surface area contributed by atoms with Crippen molar-refractivity contribution in [2.24, 2.45) is 5.92 Å². The quantitative estimate of drug-likeness (QED) is 0.666. The van der Waals surface area contributed by atoms with Gasteiger partial charge < -0.3 is 15.7 Å². The fourth-order valence-corrected chi connectivity index (χ4v) is 3.03. The number of rotatable bonds is 7. The van der Waals surface area contributed by atoms with Gasteiger partial charge in [-0.25, -0.2) is 4.79 Å². The Labute approximate surface area is 149 Å². The number of nitrogens with one attached hydrogen (secondary N) is 2. The van der Waals surface area contributed by atoms with Crippen molar-refractivity contribution in [1.82, 2.24) is 10.6 Å². The summed E-state index contributed by atoms with van der Waals surface area (Å²) in [6.45, 7) is 2.71. The summed E-state index contributed by atoms with van der Waals surface area (Å²) in [5.74, 6) is 0.842. The van der Waals surface area contributed by atoms with Crippen molar-refractivity contribution in [3.63, 3.8) is 0 Å². The predicted molar refractivity (Wildman–Crippen MR) is 99.6 cm³/mol. The van der Waals surface area contributed by atoms with Gasteiger partial charge in [0.05, 0.1) is 6.04 Å². The Balaban J connectivity index is 1.44. The van der Waals surface area contributed by atoms with Crippen molar-refractivity contribution in [3.05, 3.63) is 65.2 Å². The summed E-state index contributed by atoms with van der Waals surface area (Å²) in [5.41, 5.74) is 3.58. The first kappa shape index (κ1) is 17.3. The van der Waals surface area contributed by atoms with Crippen LogP contribution in [-0.4, -0.2) is 17.7 Å². The first-order valence-corrected chi connectivity index (χ1v) is 9.00. The Morgan fingerprint density at radius 1 is 1.12 bits per heavy atom. The van der Waals surface area contributed by atoms with Gasteiger partial charge in [-0.05, 0) is 61.8 Å². The molecule has 4 nitrogen and oxygen atoms in total. The number of aryl methyl sites for hydroxylation is 2. The lowest BCUT2D eigenvalue weighted by molar-refractivity contribution is 0.235. The number of carbonyl (C=O) groups is 1. The molecule has 3 rings (SSSR count). The zero-order valence-corrected chi connectivity index (χ0v) is 14.7. The van der Waals surface area contributed by atoms with Crippen molar-refractivity contribution in [2.75, 3.05) is 6.54 Å². The van der Waals surface area contributed by atoms with Gasteiger partial charge >= 0.3 is 6.03 Å². The van der Waals surface area contributed by atoms with E-state index in [9.17, 15) is 9.90 Å². The molecular formula is C21H26N2O2. The number of amides is 2.